The van der Waals surface area contributed by atoms with Crippen molar-refractivity contribution in [3.63, 3.8) is 0 Å². The molecule has 0 fully saturated rings. The quantitative estimate of drug-likeness (QED) is 0.633. The number of fused-ring (bicyclic) bond motifs is 1. The van der Waals surface area contributed by atoms with Gasteiger partial charge in [0.2, 0.25) is 0 Å². The van der Waals surface area contributed by atoms with Crippen molar-refractivity contribution in [1.29, 1.82) is 0 Å². The summed E-state index contributed by atoms with van der Waals surface area (Å²) in [6.07, 6.45) is 2.26. The van der Waals surface area contributed by atoms with Crippen LogP contribution in [-0.2, 0) is 13.1 Å². The maximum Gasteiger partial charge on any atom is 0.166 e. The zero-order chi connectivity index (χ0) is 18.6. The van der Waals surface area contributed by atoms with E-state index in [0.29, 0.717) is 0 Å². The van der Waals surface area contributed by atoms with Crippen LogP contribution in [0, 0.1) is 0 Å². The molecule has 1 aliphatic heterocycles. The molecule has 3 aromatic rings. The first-order valence-electron chi connectivity index (χ1n) is 9.09. The zero-order valence-corrected chi connectivity index (χ0v) is 15.7. The Morgan fingerprint density at radius 2 is 1.52 bits per heavy atom. The predicted octanol–water partition coefficient (Wildman–Crippen LogP) is 5.11. The van der Waals surface area contributed by atoms with Crippen LogP contribution in [0.4, 0.5) is 0 Å². The lowest BCUT2D eigenvalue weighted by Crippen LogP contribution is -2.22. The molecule has 0 spiro atoms. The van der Waals surface area contributed by atoms with E-state index in [9.17, 15) is 0 Å². The average Bonchev–Trinajstić information content (AvgIpc) is 2.73. The van der Waals surface area contributed by atoms with Crippen LogP contribution in [-0.4, -0.2) is 19.1 Å². The summed E-state index contributed by atoms with van der Waals surface area (Å²) in [4.78, 5) is 2.34. The van der Waals surface area contributed by atoms with Gasteiger partial charge < -0.3 is 14.4 Å². The Morgan fingerprint density at radius 1 is 0.815 bits per heavy atom. The maximum absolute atomic E-state index is 5.74. The van der Waals surface area contributed by atoms with Crippen molar-refractivity contribution >= 4 is 5.57 Å². The van der Waals surface area contributed by atoms with Gasteiger partial charge in [-0.25, -0.2) is 0 Å². The fourth-order valence-electron chi connectivity index (χ4n) is 3.67. The van der Waals surface area contributed by atoms with Gasteiger partial charge in [0.05, 0.1) is 14.2 Å². The lowest BCUT2D eigenvalue weighted by Gasteiger charge is -2.31. The van der Waals surface area contributed by atoms with Crippen LogP contribution in [0.2, 0.25) is 0 Å². The van der Waals surface area contributed by atoms with Crippen molar-refractivity contribution < 1.29 is 9.47 Å². The van der Waals surface area contributed by atoms with E-state index >= 15 is 0 Å². The van der Waals surface area contributed by atoms with E-state index in [1.807, 2.05) is 18.2 Å². The lowest BCUT2D eigenvalue weighted by molar-refractivity contribution is 0.325. The number of ether oxygens (including phenoxy) is 2. The van der Waals surface area contributed by atoms with Crippen LogP contribution in [0.3, 0.4) is 0 Å². The molecule has 1 aliphatic rings. The molecule has 0 N–H and O–H groups in total. The number of nitrogens with zero attached hydrogens (tertiary/aromatic N) is 1. The Balaban J connectivity index is 1.82. The topological polar surface area (TPSA) is 21.7 Å². The largest absolute Gasteiger partial charge is 0.493 e. The fourth-order valence-corrected chi connectivity index (χ4v) is 3.67. The number of benzene rings is 3. The number of hydrogen-bond donors (Lipinski definition) is 0. The molecule has 27 heavy (non-hydrogen) atoms. The zero-order valence-electron chi connectivity index (χ0n) is 15.7. The van der Waals surface area contributed by atoms with Crippen LogP contribution < -0.4 is 9.47 Å². The Hall–Kier alpha value is -3.20. The Bertz CT molecular complexity index is 949. The first kappa shape index (κ1) is 17.2. The van der Waals surface area contributed by atoms with Gasteiger partial charge in [0.1, 0.15) is 0 Å². The molecule has 3 heteroatoms. The maximum atomic E-state index is 5.74. The summed E-state index contributed by atoms with van der Waals surface area (Å²) >= 11 is 0. The molecule has 0 aromatic heterocycles. The van der Waals surface area contributed by atoms with Gasteiger partial charge >= 0.3 is 0 Å². The third-order valence-corrected chi connectivity index (χ3v) is 4.92. The summed E-state index contributed by atoms with van der Waals surface area (Å²) in [5, 5.41) is 0. The summed E-state index contributed by atoms with van der Waals surface area (Å²) in [7, 11) is 3.39. The highest BCUT2D eigenvalue weighted by atomic mass is 16.5. The van der Waals surface area contributed by atoms with E-state index < -0.39 is 0 Å². The van der Waals surface area contributed by atoms with Gasteiger partial charge in [-0.2, -0.15) is 0 Å². The second kappa shape index (κ2) is 7.58. The number of hydrogen-bond acceptors (Lipinski definition) is 3. The van der Waals surface area contributed by atoms with E-state index in [1.165, 1.54) is 22.3 Å². The Morgan fingerprint density at radius 3 is 2.19 bits per heavy atom. The molecule has 3 aromatic carbocycles. The highest BCUT2D eigenvalue weighted by Crippen LogP contribution is 2.41. The van der Waals surface area contributed by atoms with Gasteiger partial charge in [0.15, 0.2) is 11.5 Å². The van der Waals surface area contributed by atoms with Crippen molar-refractivity contribution in [2.75, 3.05) is 14.2 Å². The van der Waals surface area contributed by atoms with E-state index in [4.69, 9.17) is 9.47 Å². The standard InChI is InChI=1S/C24H23NO2/c1-26-23-14-13-20-21(19-11-7-4-8-12-19)16-25(17-22(20)24(23)27-2)15-18-9-5-3-6-10-18/h3-14,16H,15,17H2,1-2H3. The second-order valence-corrected chi connectivity index (χ2v) is 6.63. The number of rotatable bonds is 5. The van der Waals surface area contributed by atoms with Crippen LogP contribution in [0.25, 0.3) is 5.57 Å². The minimum Gasteiger partial charge on any atom is -0.493 e. The fraction of sp³-hybridized carbons (Fsp3) is 0.167. The van der Waals surface area contributed by atoms with Crippen molar-refractivity contribution in [2.24, 2.45) is 0 Å². The van der Waals surface area contributed by atoms with Gasteiger partial charge in [-0.3, -0.25) is 0 Å². The van der Waals surface area contributed by atoms with Gasteiger partial charge in [0, 0.05) is 30.4 Å². The molecule has 0 unspecified atom stereocenters. The van der Waals surface area contributed by atoms with Crippen LogP contribution in [0.15, 0.2) is 79.0 Å². The van der Waals surface area contributed by atoms with Crippen molar-refractivity contribution in [3.8, 4) is 11.5 Å². The molecule has 3 nitrogen and oxygen atoms in total. The normalized spacial score (nSPS) is 13.0. The monoisotopic (exact) mass is 357 g/mol. The Labute approximate surface area is 160 Å². The summed E-state index contributed by atoms with van der Waals surface area (Å²) in [5.41, 5.74) is 6.04. The lowest BCUT2D eigenvalue weighted by atomic mass is 9.90. The third-order valence-electron chi connectivity index (χ3n) is 4.92. The average molecular weight is 357 g/mol. The SMILES string of the molecule is COc1ccc2c(c1OC)CN(Cc1ccccc1)C=C2c1ccccc1. The van der Waals surface area contributed by atoms with E-state index in [1.54, 1.807) is 14.2 Å². The van der Waals surface area contributed by atoms with Crippen LogP contribution in [0.1, 0.15) is 22.3 Å². The van der Waals surface area contributed by atoms with Crippen molar-refractivity contribution in [3.05, 3.63) is 101 Å². The number of methoxy groups -OCH3 is 2. The summed E-state index contributed by atoms with van der Waals surface area (Å²) in [6, 6.07) is 25.2. The molecule has 0 amide bonds. The van der Waals surface area contributed by atoms with E-state index in [-0.39, 0.29) is 0 Å². The van der Waals surface area contributed by atoms with Crippen molar-refractivity contribution in [2.45, 2.75) is 13.1 Å². The van der Waals surface area contributed by atoms with Crippen molar-refractivity contribution in [1.82, 2.24) is 4.90 Å². The molecule has 0 atom stereocenters. The van der Waals surface area contributed by atoms with Gasteiger partial charge in [-0.15, -0.1) is 0 Å². The summed E-state index contributed by atoms with van der Waals surface area (Å²) in [5.74, 6) is 1.58. The molecule has 0 saturated heterocycles. The van der Waals surface area contributed by atoms with E-state index in [2.05, 4.69) is 65.7 Å². The molecule has 4 rings (SSSR count). The van der Waals surface area contributed by atoms with Gasteiger partial charge in [0.25, 0.3) is 0 Å². The first-order valence-corrected chi connectivity index (χ1v) is 9.09. The minimum atomic E-state index is 0.769. The summed E-state index contributed by atoms with van der Waals surface area (Å²) < 4.78 is 11.3. The molecule has 0 saturated carbocycles. The highest BCUT2D eigenvalue weighted by Gasteiger charge is 2.24. The molecular weight excluding hydrogens is 334 g/mol. The molecule has 1 heterocycles. The molecule has 0 bridgehead atoms. The summed E-state index contributed by atoms with van der Waals surface area (Å²) in [6.45, 7) is 1.62. The predicted molar refractivity (Wildman–Crippen MR) is 109 cm³/mol. The first-order chi connectivity index (χ1) is 13.3. The highest BCUT2D eigenvalue weighted by molar-refractivity contribution is 5.84. The van der Waals surface area contributed by atoms with Gasteiger partial charge in [-0.1, -0.05) is 60.7 Å². The molecule has 136 valence electrons. The minimum absolute atomic E-state index is 0.769. The Kier molecular flexibility index (Phi) is 4.84. The van der Waals surface area contributed by atoms with Gasteiger partial charge in [-0.05, 0) is 28.8 Å². The second-order valence-electron chi connectivity index (χ2n) is 6.63. The molecule has 0 radical (unpaired) electrons. The van der Waals surface area contributed by atoms with Crippen LogP contribution in [0.5, 0.6) is 11.5 Å². The molecular formula is C24H23NO2. The van der Waals surface area contributed by atoms with E-state index in [0.717, 1.165) is 30.2 Å². The van der Waals surface area contributed by atoms with Crippen LogP contribution >= 0.6 is 0 Å². The smallest absolute Gasteiger partial charge is 0.166 e. The molecule has 0 aliphatic carbocycles. The third kappa shape index (κ3) is 3.41.